The molecule has 1 aliphatic rings. The highest BCUT2D eigenvalue weighted by atomic mass is 32.2. The number of hydrogen-bond acceptors (Lipinski definition) is 8. The zero-order chi connectivity index (χ0) is 22.1. The molecule has 2 aromatic carbocycles. The van der Waals surface area contributed by atoms with Crippen molar-refractivity contribution in [3.8, 4) is 0 Å². The van der Waals surface area contributed by atoms with E-state index in [4.69, 9.17) is 4.74 Å². The van der Waals surface area contributed by atoms with Crippen LogP contribution in [0.4, 0.5) is 5.69 Å². The van der Waals surface area contributed by atoms with Crippen molar-refractivity contribution in [3.63, 3.8) is 0 Å². The molecule has 0 saturated heterocycles. The smallest absolute Gasteiger partial charge is 0.269 e. The fourth-order valence-electron chi connectivity index (χ4n) is 2.69. The number of nitro groups is 1. The summed E-state index contributed by atoms with van der Waals surface area (Å²) in [5, 5.41) is 16.0. The van der Waals surface area contributed by atoms with Crippen LogP contribution in [0.1, 0.15) is 31.2 Å². The van der Waals surface area contributed by atoms with E-state index in [-0.39, 0.29) is 16.5 Å². The predicted octanol–water partition coefficient (Wildman–Crippen LogP) is 1.66. The third-order valence-corrected chi connectivity index (χ3v) is 5.49. The minimum Gasteiger partial charge on any atom is -0.446 e. The molecule has 11 nitrogen and oxygen atoms in total. The first kappa shape index (κ1) is 20.9. The Morgan fingerprint density at radius 1 is 1.10 bits per heavy atom. The van der Waals surface area contributed by atoms with Crippen LogP contribution in [-0.2, 0) is 24.3 Å². The van der Waals surface area contributed by atoms with E-state index in [0.29, 0.717) is 11.1 Å². The van der Waals surface area contributed by atoms with Crippen LogP contribution in [0.3, 0.4) is 0 Å². The predicted molar refractivity (Wildman–Crippen MR) is 103 cm³/mol. The average Bonchev–Trinajstić information content (AvgIpc) is 3.13. The molecule has 0 fully saturated rings. The van der Waals surface area contributed by atoms with Gasteiger partial charge in [-0.25, -0.2) is 13.1 Å². The summed E-state index contributed by atoms with van der Waals surface area (Å²) in [5.74, 6) is -1.07. The Kier molecular flexibility index (Phi) is 5.52. The number of ether oxygens (including phenoxy) is 1. The fraction of sp³-hybridized carbons (Fsp3) is 0.167. The topological polar surface area (TPSA) is 148 Å². The van der Waals surface area contributed by atoms with Crippen molar-refractivity contribution in [2.75, 3.05) is 0 Å². The van der Waals surface area contributed by atoms with Crippen molar-refractivity contribution in [3.05, 3.63) is 69.8 Å². The van der Waals surface area contributed by atoms with E-state index in [1.165, 1.54) is 55.5 Å². The number of nitrogens with zero attached hydrogens (tertiary/aromatic N) is 3. The van der Waals surface area contributed by atoms with Crippen molar-refractivity contribution in [2.24, 2.45) is 5.10 Å². The number of amides is 2. The lowest BCUT2D eigenvalue weighted by Crippen LogP contribution is -2.28. The molecular weight excluding hydrogens is 416 g/mol. The monoisotopic (exact) mass is 432 g/mol. The molecule has 0 saturated carbocycles. The number of carbonyl (C=O) groups excluding carboxylic acids is 2. The van der Waals surface area contributed by atoms with Gasteiger partial charge in [0.15, 0.2) is 0 Å². The Balaban J connectivity index is 1.86. The van der Waals surface area contributed by atoms with Crippen molar-refractivity contribution >= 4 is 33.4 Å². The van der Waals surface area contributed by atoms with Gasteiger partial charge >= 0.3 is 0 Å². The average molecular weight is 432 g/mol. The molecule has 1 atom stereocenters. The van der Waals surface area contributed by atoms with Gasteiger partial charge in [0.2, 0.25) is 23.9 Å². The highest BCUT2D eigenvalue weighted by Gasteiger charge is 2.33. The molecule has 2 amide bonds. The van der Waals surface area contributed by atoms with E-state index >= 15 is 0 Å². The summed E-state index contributed by atoms with van der Waals surface area (Å²) in [6, 6.07) is 10.9. The van der Waals surface area contributed by atoms with Gasteiger partial charge in [0.1, 0.15) is 0 Å². The lowest BCUT2D eigenvalue weighted by atomic mass is 10.1. The second-order valence-electron chi connectivity index (χ2n) is 6.27. The molecule has 12 heteroatoms. The molecule has 1 N–H and O–H groups in total. The number of hydrogen-bond donors (Lipinski definition) is 1. The Morgan fingerprint density at radius 3 is 2.20 bits per heavy atom. The van der Waals surface area contributed by atoms with Gasteiger partial charge in [0.05, 0.1) is 9.82 Å². The molecular formula is C18H16N4O7S. The minimum absolute atomic E-state index is 0.0667. The molecule has 1 unspecified atom stereocenters. The van der Waals surface area contributed by atoms with Gasteiger partial charge in [-0.1, -0.05) is 0 Å². The maximum absolute atomic E-state index is 12.0. The molecule has 0 radical (unpaired) electrons. The summed E-state index contributed by atoms with van der Waals surface area (Å²) in [5.41, 5.74) is 0.759. The first-order chi connectivity index (χ1) is 14.1. The second kappa shape index (κ2) is 7.91. The Hall–Kier alpha value is -3.80. The van der Waals surface area contributed by atoms with Gasteiger partial charge in [-0.05, 0) is 36.4 Å². The molecule has 156 valence electrons. The number of hydrazone groups is 1. The fourth-order valence-corrected chi connectivity index (χ4v) is 3.68. The third kappa shape index (κ3) is 4.27. The Labute approximate surface area is 171 Å². The van der Waals surface area contributed by atoms with Gasteiger partial charge in [-0.2, -0.15) is 5.01 Å². The van der Waals surface area contributed by atoms with Crippen molar-refractivity contribution in [2.45, 2.75) is 25.0 Å². The first-order valence-electron chi connectivity index (χ1n) is 8.52. The normalized spacial score (nSPS) is 15.9. The number of rotatable bonds is 5. The van der Waals surface area contributed by atoms with E-state index in [1.54, 1.807) is 0 Å². The number of non-ortho nitro benzene ring substituents is 1. The standard InChI is InChI=1S/C18H16N4O7S/c1-11(23)20-30(27,28)16-9-5-13(6-10-16)17-19-21(12(2)24)18(29-17)14-3-7-15(8-4-14)22(25)26/h3-10,18H,1-2H3,(H,20,23). The van der Waals surface area contributed by atoms with Gasteiger partial charge in [0, 0.05) is 37.1 Å². The van der Waals surface area contributed by atoms with Crippen molar-refractivity contribution in [1.29, 1.82) is 0 Å². The molecule has 0 aliphatic carbocycles. The summed E-state index contributed by atoms with van der Waals surface area (Å²) >= 11 is 0. The summed E-state index contributed by atoms with van der Waals surface area (Å²) in [4.78, 5) is 33.2. The molecule has 1 heterocycles. The lowest BCUT2D eigenvalue weighted by Gasteiger charge is -2.19. The van der Waals surface area contributed by atoms with Gasteiger partial charge in [-0.15, -0.1) is 5.10 Å². The molecule has 2 aromatic rings. The lowest BCUT2D eigenvalue weighted by molar-refractivity contribution is -0.384. The Bertz CT molecular complexity index is 1140. The van der Waals surface area contributed by atoms with Gasteiger partial charge in [-0.3, -0.25) is 19.7 Å². The largest absolute Gasteiger partial charge is 0.446 e. The maximum Gasteiger partial charge on any atom is 0.269 e. The summed E-state index contributed by atoms with van der Waals surface area (Å²) in [6.45, 7) is 2.37. The number of sulfonamides is 1. The van der Waals surface area contributed by atoms with Crippen LogP contribution in [0.25, 0.3) is 0 Å². The molecule has 30 heavy (non-hydrogen) atoms. The van der Waals surface area contributed by atoms with Crippen LogP contribution < -0.4 is 4.72 Å². The zero-order valence-electron chi connectivity index (χ0n) is 15.8. The van der Waals surface area contributed by atoms with Crippen LogP contribution >= 0.6 is 0 Å². The van der Waals surface area contributed by atoms with E-state index in [1.807, 2.05) is 4.72 Å². The van der Waals surface area contributed by atoms with Crippen LogP contribution in [-0.4, -0.2) is 36.1 Å². The molecule has 0 aromatic heterocycles. The minimum atomic E-state index is -3.99. The number of nitrogens with one attached hydrogen (secondary N) is 1. The maximum atomic E-state index is 12.0. The SMILES string of the molecule is CC(=O)NS(=O)(=O)c1ccc(C2=NN(C(C)=O)C(c3ccc([N+](=O)[O-])cc3)O2)cc1. The number of nitro benzene ring substituents is 1. The van der Waals surface area contributed by atoms with E-state index in [9.17, 15) is 28.1 Å². The van der Waals surface area contributed by atoms with Crippen LogP contribution in [0.5, 0.6) is 0 Å². The van der Waals surface area contributed by atoms with Crippen LogP contribution in [0, 0.1) is 10.1 Å². The Morgan fingerprint density at radius 2 is 1.70 bits per heavy atom. The highest BCUT2D eigenvalue weighted by Crippen LogP contribution is 2.31. The van der Waals surface area contributed by atoms with E-state index in [2.05, 4.69) is 5.10 Å². The van der Waals surface area contributed by atoms with Crippen LogP contribution in [0.2, 0.25) is 0 Å². The van der Waals surface area contributed by atoms with E-state index in [0.717, 1.165) is 11.9 Å². The summed E-state index contributed by atoms with van der Waals surface area (Å²) in [7, 11) is -3.99. The molecule has 0 spiro atoms. The first-order valence-corrected chi connectivity index (χ1v) is 10.00. The molecule has 3 rings (SSSR count). The highest BCUT2D eigenvalue weighted by molar-refractivity contribution is 7.90. The van der Waals surface area contributed by atoms with Gasteiger partial charge < -0.3 is 4.74 Å². The number of benzene rings is 2. The van der Waals surface area contributed by atoms with E-state index < -0.39 is 33.0 Å². The second-order valence-corrected chi connectivity index (χ2v) is 7.96. The number of carbonyl (C=O) groups is 2. The molecule has 1 aliphatic heterocycles. The van der Waals surface area contributed by atoms with Crippen LogP contribution in [0.15, 0.2) is 58.5 Å². The molecule has 0 bridgehead atoms. The quantitative estimate of drug-likeness (QED) is 0.558. The van der Waals surface area contributed by atoms with Gasteiger partial charge in [0.25, 0.3) is 15.7 Å². The zero-order valence-corrected chi connectivity index (χ0v) is 16.6. The van der Waals surface area contributed by atoms with Crippen molar-refractivity contribution in [1.82, 2.24) is 9.73 Å². The van der Waals surface area contributed by atoms with Crippen molar-refractivity contribution < 1.29 is 27.7 Å². The summed E-state index contributed by atoms with van der Waals surface area (Å²) < 4.78 is 31.7. The summed E-state index contributed by atoms with van der Waals surface area (Å²) in [6.07, 6.45) is -0.930. The third-order valence-electron chi connectivity index (χ3n) is 4.05.